The Morgan fingerprint density at radius 1 is 1.64 bits per heavy atom. The number of carbonyl (C=O) groups excluding carboxylic acids is 1. The number of halogens is 2. The van der Waals surface area contributed by atoms with Crippen LogP contribution in [0, 0.1) is 0 Å². The van der Waals surface area contributed by atoms with E-state index in [0.29, 0.717) is 5.02 Å². The lowest BCUT2D eigenvalue weighted by Gasteiger charge is -2.04. The minimum atomic E-state index is -0.455. The molecule has 0 radical (unpaired) electrons. The molecule has 0 saturated carbocycles. The van der Waals surface area contributed by atoms with Gasteiger partial charge in [0.2, 0.25) is 0 Å². The van der Waals surface area contributed by atoms with Gasteiger partial charge in [-0.05, 0) is 12.1 Å². The van der Waals surface area contributed by atoms with Crippen LogP contribution in [0.2, 0.25) is 5.02 Å². The number of hydrogen-bond acceptors (Lipinski definition) is 2. The molecule has 0 amide bonds. The van der Waals surface area contributed by atoms with Crippen LogP contribution in [-0.4, -0.2) is 5.97 Å². The lowest BCUT2D eigenvalue weighted by molar-refractivity contribution is -0.138. The van der Waals surface area contributed by atoms with Crippen LogP contribution in [0.25, 0.3) is 0 Å². The number of rotatable bonds is 3. The van der Waals surface area contributed by atoms with Crippen LogP contribution in [0.15, 0.2) is 35.3 Å². The molecule has 0 heterocycles. The summed E-state index contributed by atoms with van der Waals surface area (Å²) in [5, 5.41) is 0.566. The van der Waals surface area contributed by atoms with Crippen LogP contribution in [-0.2, 0) is 16.1 Å². The Bertz CT molecular complexity index is 363. The van der Waals surface area contributed by atoms with E-state index in [1.807, 2.05) is 6.07 Å². The van der Waals surface area contributed by atoms with E-state index in [9.17, 15) is 4.79 Å². The van der Waals surface area contributed by atoms with Gasteiger partial charge in [0.15, 0.2) is 0 Å². The van der Waals surface area contributed by atoms with Crippen LogP contribution < -0.4 is 0 Å². The van der Waals surface area contributed by atoms with Gasteiger partial charge in [-0.25, -0.2) is 4.79 Å². The smallest absolute Gasteiger partial charge is 0.330 e. The summed E-state index contributed by atoms with van der Waals surface area (Å²) in [6.45, 7) is 3.46. The Balaban J connectivity index is 2.68. The number of benzene rings is 1. The van der Waals surface area contributed by atoms with Gasteiger partial charge in [0, 0.05) is 21.1 Å². The summed E-state index contributed by atoms with van der Waals surface area (Å²) in [6.07, 6.45) is 1.12. The number of hydrogen-bond donors (Lipinski definition) is 0. The molecule has 0 aromatic heterocycles. The minimum Gasteiger partial charge on any atom is -0.458 e. The largest absolute Gasteiger partial charge is 0.458 e. The number of esters is 1. The Hall–Kier alpha value is -0.800. The Kier molecular flexibility index (Phi) is 4.17. The van der Waals surface area contributed by atoms with Crippen molar-refractivity contribution < 1.29 is 9.53 Å². The van der Waals surface area contributed by atoms with E-state index < -0.39 is 5.97 Å². The lowest BCUT2D eigenvalue weighted by Crippen LogP contribution is -2.00. The van der Waals surface area contributed by atoms with Crippen molar-refractivity contribution in [3.05, 3.63) is 45.9 Å². The van der Waals surface area contributed by atoms with Crippen molar-refractivity contribution in [3.8, 4) is 0 Å². The average molecular weight is 276 g/mol. The van der Waals surface area contributed by atoms with Gasteiger partial charge in [-0.1, -0.05) is 40.2 Å². The summed E-state index contributed by atoms with van der Waals surface area (Å²) in [7, 11) is 0. The molecule has 1 rings (SSSR count). The molecule has 0 fully saturated rings. The normalized spacial score (nSPS) is 9.57. The highest BCUT2D eigenvalue weighted by Crippen LogP contribution is 2.21. The molecule has 2 nitrogen and oxygen atoms in total. The van der Waals surface area contributed by atoms with E-state index in [0.717, 1.165) is 16.1 Å². The van der Waals surface area contributed by atoms with Crippen molar-refractivity contribution in [1.29, 1.82) is 0 Å². The fraction of sp³-hybridized carbons (Fsp3) is 0.100. The van der Waals surface area contributed by atoms with Crippen molar-refractivity contribution in [3.63, 3.8) is 0 Å². The molecule has 0 aliphatic heterocycles. The molecule has 0 saturated heterocycles. The second-order valence-corrected chi connectivity index (χ2v) is 3.87. The van der Waals surface area contributed by atoms with Gasteiger partial charge in [0.25, 0.3) is 0 Å². The topological polar surface area (TPSA) is 26.3 Å². The molecule has 0 spiro atoms. The standard InChI is InChI=1S/C10H8BrClO2/c1-2-10(13)14-6-7-3-4-8(11)5-9(7)12/h2-5H,1,6H2. The van der Waals surface area contributed by atoms with Crippen molar-refractivity contribution in [2.75, 3.05) is 0 Å². The second-order valence-electron chi connectivity index (χ2n) is 2.55. The van der Waals surface area contributed by atoms with Crippen molar-refractivity contribution >= 4 is 33.5 Å². The first-order valence-corrected chi connectivity index (χ1v) is 5.03. The maximum Gasteiger partial charge on any atom is 0.330 e. The summed E-state index contributed by atoms with van der Waals surface area (Å²) in [6, 6.07) is 5.38. The Labute approximate surface area is 95.6 Å². The van der Waals surface area contributed by atoms with Gasteiger partial charge in [0.05, 0.1) is 0 Å². The predicted molar refractivity (Wildman–Crippen MR) is 59.1 cm³/mol. The summed E-state index contributed by atoms with van der Waals surface area (Å²) in [5.41, 5.74) is 0.769. The number of ether oxygens (including phenoxy) is 1. The molecular formula is C10H8BrClO2. The summed E-state index contributed by atoms with van der Waals surface area (Å²) >= 11 is 9.19. The predicted octanol–water partition coefficient (Wildman–Crippen LogP) is 3.33. The average Bonchev–Trinajstić information content (AvgIpc) is 2.16. The molecule has 0 aliphatic rings. The molecular weight excluding hydrogens is 267 g/mol. The number of carbonyl (C=O) groups is 1. The van der Waals surface area contributed by atoms with E-state index in [2.05, 4.69) is 22.5 Å². The highest BCUT2D eigenvalue weighted by atomic mass is 79.9. The second kappa shape index (κ2) is 5.17. The zero-order valence-electron chi connectivity index (χ0n) is 7.30. The van der Waals surface area contributed by atoms with Crippen molar-refractivity contribution in [2.24, 2.45) is 0 Å². The van der Waals surface area contributed by atoms with Gasteiger partial charge in [-0.3, -0.25) is 0 Å². The zero-order chi connectivity index (χ0) is 10.6. The van der Waals surface area contributed by atoms with E-state index in [1.165, 1.54) is 0 Å². The fourth-order valence-corrected chi connectivity index (χ4v) is 1.57. The van der Waals surface area contributed by atoms with Crippen LogP contribution in [0.1, 0.15) is 5.56 Å². The molecule has 74 valence electrons. The zero-order valence-corrected chi connectivity index (χ0v) is 9.64. The molecule has 0 atom stereocenters. The van der Waals surface area contributed by atoms with Crippen molar-refractivity contribution in [2.45, 2.75) is 6.61 Å². The van der Waals surface area contributed by atoms with E-state index in [4.69, 9.17) is 16.3 Å². The first-order valence-electron chi connectivity index (χ1n) is 3.86. The van der Waals surface area contributed by atoms with Crippen LogP contribution in [0.3, 0.4) is 0 Å². The third-order valence-electron chi connectivity index (χ3n) is 1.55. The van der Waals surface area contributed by atoms with Crippen LogP contribution in [0.4, 0.5) is 0 Å². The third kappa shape index (κ3) is 3.16. The Morgan fingerprint density at radius 3 is 2.93 bits per heavy atom. The third-order valence-corrected chi connectivity index (χ3v) is 2.40. The molecule has 0 aliphatic carbocycles. The van der Waals surface area contributed by atoms with Crippen LogP contribution >= 0.6 is 27.5 Å². The highest BCUT2D eigenvalue weighted by Gasteiger charge is 2.03. The summed E-state index contributed by atoms with van der Waals surface area (Å²) in [4.78, 5) is 10.8. The van der Waals surface area contributed by atoms with Crippen LogP contribution in [0.5, 0.6) is 0 Å². The SMILES string of the molecule is C=CC(=O)OCc1ccc(Br)cc1Cl. The Morgan fingerprint density at radius 2 is 2.36 bits per heavy atom. The quantitative estimate of drug-likeness (QED) is 0.625. The lowest BCUT2D eigenvalue weighted by atomic mass is 10.2. The molecule has 4 heteroatoms. The van der Waals surface area contributed by atoms with Gasteiger partial charge in [-0.15, -0.1) is 0 Å². The maximum absolute atomic E-state index is 10.8. The van der Waals surface area contributed by atoms with E-state index in [-0.39, 0.29) is 6.61 Å². The fourth-order valence-electron chi connectivity index (χ4n) is 0.847. The van der Waals surface area contributed by atoms with Crippen molar-refractivity contribution in [1.82, 2.24) is 0 Å². The molecule has 1 aromatic rings. The monoisotopic (exact) mass is 274 g/mol. The summed E-state index contributed by atoms with van der Waals surface area (Å²) in [5.74, 6) is -0.455. The van der Waals surface area contributed by atoms with Gasteiger partial charge < -0.3 is 4.74 Å². The minimum absolute atomic E-state index is 0.164. The van der Waals surface area contributed by atoms with Gasteiger partial charge in [-0.2, -0.15) is 0 Å². The molecule has 0 bridgehead atoms. The van der Waals surface area contributed by atoms with Gasteiger partial charge >= 0.3 is 5.97 Å². The molecule has 1 aromatic carbocycles. The van der Waals surface area contributed by atoms with E-state index >= 15 is 0 Å². The highest BCUT2D eigenvalue weighted by molar-refractivity contribution is 9.10. The summed E-state index contributed by atoms with van der Waals surface area (Å²) < 4.78 is 5.73. The maximum atomic E-state index is 10.8. The molecule has 0 N–H and O–H groups in total. The van der Waals surface area contributed by atoms with Gasteiger partial charge in [0.1, 0.15) is 6.61 Å². The first-order chi connectivity index (χ1) is 6.63. The molecule has 0 unspecified atom stereocenters. The molecule has 14 heavy (non-hydrogen) atoms. The van der Waals surface area contributed by atoms with E-state index in [1.54, 1.807) is 12.1 Å². The first kappa shape index (κ1) is 11.3.